The van der Waals surface area contributed by atoms with Crippen LogP contribution in [0.5, 0.6) is 0 Å². The summed E-state index contributed by atoms with van der Waals surface area (Å²) in [4.78, 5) is 0.140. The van der Waals surface area contributed by atoms with E-state index in [0.717, 1.165) is 12.8 Å². The van der Waals surface area contributed by atoms with Gasteiger partial charge < -0.3 is 10.8 Å². The van der Waals surface area contributed by atoms with Gasteiger partial charge in [-0.2, -0.15) is 4.31 Å². The summed E-state index contributed by atoms with van der Waals surface area (Å²) in [5.41, 5.74) is 6.07. The first-order valence-electron chi connectivity index (χ1n) is 6.63. The fourth-order valence-corrected chi connectivity index (χ4v) is 5.45. The summed E-state index contributed by atoms with van der Waals surface area (Å²) in [5, 5.41) is 9.90. The van der Waals surface area contributed by atoms with E-state index < -0.39 is 10.0 Å². The number of nitrogen functional groups attached to an aromatic ring is 1. The molecular formula is C13H17BrN2O3S. The van der Waals surface area contributed by atoms with Gasteiger partial charge >= 0.3 is 0 Å². The number of fused-ring (bicyclic) bond motifs is 1. The van der Waals surface area contributed by atoms with Crippen molar-refractivity contribution < 1.29 is 13.5 Å². The topological polar surface area (TPSA) is 83.6 Å². The molecule has 1 saturated heterocycles. The highest BCUT2D eigenvalue weighted by atomic mass is 79.9. The first-order chi connectivity index (χ1) is 9.39. The zero-order valence-corrected chi connectivity index (χ0v) is 13.3. The summed E-state index contributed by atoms with van der Waals surface area (Å²) in [6.45, 7) is 0.871. The van der Waals surface area contributed by atoms with Crippen molar-refractivity contribution in [1.29, 1.82) is 0 Å². The number of benzene rings is 1. The lowest BCUT2D eigenvalue weighted by Gasteiger charge is -2.19. The van der Waals surface area contributed by atoms with Gasteiger partial charge in [0.1, 0.15) is 4.90 Å². The van der Waals surface area contributed by atoms with Crippen molar-refractivity contribution in [2.45, 2.75) is 23.8 Å². The lowest BCUT2D eigenvalue weighted by atomic mass is 10.00. The normalized spacial score (nSPS) is 30.6. The lowest BCUT2D eigenvalue weighted by Crippen LogP contribution is -2.31. The molecule has 1 aromatic rings. The number of hydrogen-bond acceptors (Lipinski definition) is 4. The van der Waals surface area contributed by atoms with E-state index >= 15 is 0 Å². The fraction of sp³-hybridized carbons (Fsp3) is 0.538. The van der Waals surface area contributed by atoms with Crippen LogP contribution in [0.15, 0.2) is 27.6 Å². The first-order valence-corrected chi connectivity index (χ1v) is 8.86. The van der Waals surface area contributed by atoms with Crippen LogP contribution in [0.2, 0.25) is 0 Å². The number of halogens is 1. The quantitative estimate of drug-likeness (QED) is 0.781. The van der Waals surface area contributed by atoms with Gasteiger partial charge in [0.05, 0.1) is 11.8 Å². The summed E-state index contributed by atoms with van der Waals surface area (Å²) in [6, 6.07) is 4.84. The van der Waals surface area contributed by atoms with Crippen molar-refractivity contribution in [2.24, 2.45) is 11.8 Å². The number of aliphatic hydroxyl groups excluding tert-OH is 1. The molecule has 1 aromatic carbocycles. The molecule has 3 N–H and O–H groups in total. The maximum absolute atomic E-state index is 12.7. The van der Waals surface area contributed by atoms with Gasteiger partial charge in [-0.3, -0.25) is 0 Å². The van der Waals surface area contributed by atoms with Crippen LogP contribution in [0, 0.1) is 11.8 Å². The summed E-state index contributed by atoms with van der Waals surface area (Å²) >= 11 is 3.28. The van der Waals surface area contributed by atoms with E-state index in [1.807, 2.05) is 0 Å². The molecule has 1 heterocycles. The van der Waals surface area contributed by atoms with Gasteiger partial charge in [0, 0.05) is 23.5 Å². The second kappa shape index (κ2) is 4.98. The number of rotatable bonds is 2. The number of nitrogens with zero attached hydrogens (tertiary/aromatic N) is 1. The van der Waals surface area contributed by atoms with E-state index in [2.05, 4.69) is 15.9 Å². The molecule has 0 spiro atoms. The van der Waals surface area contributed by atoms with E-state index in [1.165, 1.54) is 10.4 Å². The third-order valence-corrected chi connectivity index (χ3v) is 6.76. The predicted molar refractivity (Wildman–Crippen MR) is 79.5 cm³/mol. The number of anilines is 1. The maximum atomic E-state index is 12.7. The van der Waals surface area contributed by atoms with E-state index in [0.29, 0.717) is 17.6 Å². The van der Waals surface area contributed by atoms with E-state index in [-0.39, 0.29) is 28.5 Å². The van der Waals surface area contributed by atoms with Crippen LogP contribution in [0.3, 0.4) is 0 Å². The van der Waals surface area contributed by atoms with Crippen molar-refractivity contribution >= 4 is 31.6 Å². The van der Waals surface area contributed by atoms with E-state index in [1.54, 1.807) is 12.1 Å². The standard InChI is InChI=1S/C13H17BrN2O3S/c14-9-2-3-11(15)13(5-9)20(18,19)16-6-8-1-4-12(17)10(8)7-16/h2-3,5,8,10,12,17H,1,4,6-7,15H2. The summed E-state index contributed by atoms with van der Waals surface area (Å²) < 4.78 is 27.5. The van der Waals surface area contributed by atoms with Crippen LogP contribution in [0.4, 0.5) is 5.69 Å². The third kappa shape index (κ3) is 2.26. The molecule has 3 unspecified atom stereocenters. The maximum Gasteiger partial charge on any atom is 0.245 e. The number of sulfonamides is 1. The second-order valence-electron chi connectivity index (χ2n) is 5.57. The van der Waals surface area contributed by atoms with Crippen LogP contribution in [-0.4, -0.2) is 37.0 Å². The van der Waals surface area contributed by atoms with Gasteiger partial charge in [-0.15, -0.1) is 0 Å². The molecule has 1 aliphatic heterocycles. The highest BCUT2D eigenvalue weighted by Crippen LogP contribution is 2.40. The molecular weight excluding hydrogens is 344 g/mol. The van der Waals surface area contributed by atoms with Crippen LogP contribution in [-0.2, 0) is 10.0 Å². The van der Waals surface area contributed by atoms with E-state index in [9.17, 15) is 13.5 Å². The van der Waals surface area contributed by atoms with Gasteiger partial charge in [-0.05, 0) is 37.0 Å². The van der Waals surface area contributed by atoms with Crippen LogP contribution >= 0.6 is 15.9 Å². The zero-order chi connectivity index (χ0) is 14.5. The second-order valence-corrected chi connectivity index (χ2v) is 8.39. The van der Waals surface area contributed by atoms with Crippen molar-refractivity contribution in [2.75, 3.05) is 18.8 Å². The Morgan fingerprint density at radius 2 is 2.05 bits per heavy atom. The highest BCUT2D eigenvalue weighted by Gasteiger charge is 2.46. The molecule has 3 rings (SSSR count). The third-order valence-electron chi connectivity index (χ3n) is 4.38. The summed E-state index contributed by atoms with van der Waals surface area (Å²) in [6.07, 6.45) is 1.30. The average Bonchev–Trinajstić information content (AvgIpc) is 2.95. The minimum atomic E-state index is -3.59. The molecule has 0 radical (unpaired) electrons. The molecule has 5 nitrogen and oxygen atoms in total. The van der Waals surface area contributed by atoms with Crippen LogP contribution in [0.25, 0.3) is 0 Å². The van der Waals surface area contributed by atoms with Gasteiger partial charge in [0.25, 0.3) is 0 Å². The van der Waals surface area contributed by atoms with Gasteiger partial charge in [-0.25, -0.2) is 8.42 Å². The highest BCUT2D eigenvalue weighted by molar-refractivity contribution is 9.10. The number of aliphatic hydroxyl groups is 1. The van der Waals surface area contributed by atoms with Crippen molar-refractivity contribution in [1.82, 2.24) is 4.31 Å². The average molecular weight is 361 g/mol. The zero-order valence-electron chi connectivity index (χ0n) is 10.9. The van der Waals surface area contributed by atoms with Gasteiger partial charge in [0.2, 0.25) is 10.0 Å². The monoisotopic (exact) mass is 360 g/mol. The molecule has 3 atom stereocenters. The Hall–Kier alpha value is -0.630. The Labute approximate surface area is 126 Å². The summed E-state index contributed by atoms with van der Waals surface area (Å²) in [5.74, 6) is 0.339. The van der Waals surface area contributed by atoms with Crippen molar-refractivity contribution in [3.63, 3.8) is 0 Å². The molecule has 2 fully saturated rings. The summed E-state index contributed by atoms with van der Waals surface area (Å²) in [7, 11) is -3.59. The predicted octanol–water partition coefficient (Wildman–Crippen LogP) is 1.42. The molecule has 7 heteroatoms. The Kier molecular flexibility index (Phi) is 3.56. The Morgan fingerprint density at radius 1 is 1.30 bits per heavy atom. The van der Waals surface area contributed by atoms with Gasteiger partial charge in [0.15, 0.2) is 0 Å². The van der Waals surface area contributed by atoms with Crippen molar-refractivity contribution in [3.8, 4) is 0 Å². The molecule has 1 saturated carbocycles. The SMILES string of the molecule is Nc1ccc(Br)cc1S(=O)(=O)N1CC2CCC(O)C2C1. The van der Waals surface area contributed by atoms with E-state index in [4.69, 9.17) is 5.73 Å². The number of hydrogen-bond donors (Lipinski definition) is 2. The van der Waals surface area contributed by atoms with Crippen LogP contribution in [0.1, 0.15) is 12.8 Å². The lowest BCUT2D eigenvalue weighted by molar-refractivity contribution is 0.129. The Morgan fingerprint density at radius 3 is 2.75 bits per heavy atom. The van der Waals surface area contributed by atoms with Crippen molar-refractivity contribution in [3.05, 3.63) is 22.7 Å². The fourth-order valence-electron chi connectivity index (χ4n) is 3.26. The Bertz CT molecular complexity index is 635. The Balaban J connectivity index is 1.92. The largest absolute Gasteiger partial charge is 0.398 e. The molecule has 20 heavy (non-hydrogen) atoms. The smallest absolute Gasteiger partial charge is 0.245 e. The molecule has 1 aliphatic carbocycles. The minimum Gasteiger partial charge on any atom is -0.398 e. The molecule has 110 valence electrons. The van der Waals surface area contributed by atoms with Crippen LogP contribution < -0.4 is 5.73 Å². The minimum absolute atomic E-state index is 0.0677. The molecule has 2 aliphatic rings. The molecule has 0 amide bonds. The molecule has 0 bridgehead atoms. The van der Waals surface area contributed by atoms with Gasteiger partial charge in [-0.1, -0.05) is 15.9 Å². The number of nitrogens with two attached hydrogens (primary N) is 1. The molecule has 0 aromatic heterocycles. The first kappa shape index (κ1) is 14.3.